The van der Waals surface area contributed by atoms with Crippen LogP contribution in [0.2, 0.25) is 0 Å². The Bertz CT molecular complexity index is 237. The number of unbranched alkanes of at least 4 members (excludes halogenated alkanes) is 7. The summed E-state index contributed by atoms with van der Waals surface area (Å²) in [5.41, 5.74) is 0. The van der Waals surface area contributed by atoms with Gasteiger partial charge in [-0.2, -0.15) is 0 Å². The number of halogens is 1. The van der Waals surface area contributed by atoms with E-state index in [-0.39, 0.29) is 12.4 Å². The van der Waals surface area contributed by atoms with E-state index < -0.39 is 0 Å². The van der Waals surface area contributed by atoms with Crippen molar-refractivity contribution in [3.63, 3.8) is 0 Å². The molecule has 0 aromatic heterocycles. The zero-order valence-corrected chi connectivity index (χ0v) is 14.9. The van der Waals surface area contributed by atoms with Crippen LogP contribution in [0.3, 0.4) is 0 Å². The van der Waals surface area contributed by atoms with Gasteiger partial charge in [-0.05, 0) is 19.1 Å². The summed E-state index contributed by atoms with van der Waals surface area (Å²) >= 11 is 2.12. The molecule has 0 radical (unpaired) electrons. The number of nitrogens with one attached hydrogen (secondary N) is 1. The van der Waals surface area contributed by atoms with Crippen molar-refractivity contribution < 1.29 is 17.3 Å². The molecule has 0 saturated heterocycles. The molecule has 120 valence electrons. The van der Waals surface area contributed by atoms with Crippen LogP contribution in [0.25, 0.3) is 0 Å². The summed E-state index contributed by atoms with van der Waals surface area (Å²) in [5, 5.41) is 0. The van der Waals surface area contributed by atoms with Crippen LogP contribution in [0.4, 0.5) is 0 Å². The maximum Gasteiger partial charge on any atom is 0.157 e. The Morgan fingerprint density at radius 3 is 2.25 bits per heavy atom. The minimum atomic E-state index is 0. The molecule has 1 heterocycles. The fraction of sp³-hybridized carbons (Fsp3) is 0.875. The number of hydrogen-bond acceptors (Lipinski definition) is 2. The Labute approximate surface area is 136 Å². The Morgan fingerprint density at radius 2 is 1.65 bits per heavy atom. The van der Waals surface area contributed by atoms with Crippen LogP contribution in [0.1, 0.15) is 65.2 Å². The SMILES string of the molecule is CCCCCCCCCCSC[NH+]1C=CN(CC)C1.[Cl-]. The molecule has 0 fully saturated rings. The van der Waals surface area contributed by atoms with Crippen LogP contribution in [0.15, 0.2) is 12.4 Å². The maximum atomic E-state index is 2.38. The first-order valence-corrected chi connectivity index (χ1v) is 9.37. The van der Waals surface area contributed by atoms with E-state index in [0.29, 0.717) is 0 Å². The maximum absolute atomic E-state index is 2.38. The van der Waals surface area contributed by atoms with Crippen molar-refractivity contribution in [3.8, 4) is 0 Å². The lowest BCUT2D eigenvalue weighted by molar-refractivity contribution is -0.834. The summed E-state index contributed by atoms with van der Waals surface area (Å²) in [6.45, 7) is 6.82. The van der Waals surface area contributed by atoms with Crippen molar-refractivity contribution in [2.75, 3.05) is 24.8 Å². The van der Waals surface area contributed by atoms with Gasteiger partial charge in [-0.1, -0.05) is 51.9 Å². The summed E-state index contributed by atoms with van der Waals surface area (Å²) in [7, 11) is 0. The van der Waals surface area contributed by atoms with Gasteiger partial charge < -0.3 is 17.3 Å². The van der Waals surface area contributed by atoms with Gasteiger partial charge >= 0.3 is 0 Å². The molecule has 0 bridgehead atoms. The van der Waals surface area contributed by atoms with Gasteiger partial charge in [0.25, 0.3) is 0 Å². The number of nitrogens with zero attached hydrogens (tertiary/aromatic N) is 1. The molecule has 0 aliphatic carbocycles. The summed E-state index contributed by atoms with van der Waals surface area (Å²) in [5.74, 6) is 2.59. The van der Waals surface area contributed by atoms with E-state index >= 15 is 0 Å². The summed E-state index contributed by atoms with van der Waals surface area (Å²) in [6, 6.07) is 0. The highest BCUT2D eigenvalue weighted by molar-refractivity contribution is 7.99. The highest BCUT2D eigenvalue weighted by Crippen LogP contribution is 2.10. The lowest BCUT2D eigenvalue weighted by Gasteiger charge is -2.14. The second-order valence-electron chi connectivity index (χ2n) is 5.56. The molecule has 0 aromatic carbocycles. The van der Waals surface area contributed by atoms with Crippen molar-refractivity contribution in [1.82, 2.24) is 4.90 Å². The van der Waals surface area contributed by atoms with Gasteiger partial charge in [-0.25, -0.2) is 0 Å². The van der Waals surface area contributed by atoms with E-state index in [1.54, 1.807) is 4.90 Å². The fourth-order valence-corrected chi connectivity index (χ4v) is 3.43. The minimum Gasteiger partial charge on any atom is -1.00 e. The molecular formula is C16H33ClN2S. The fourth-order valence-electron chi connectivity index (χ4n) is 2.43. The van der Waals surface area contributed by atoms with E-state index in [9.17, 15) is 0 Å². The number of quaternary nitrogens is 1. The largest absolute Gasteiger partial charge is 1.00 e. The third-order valence-electron chi connectivity index (χ3n) is 3.76. The van der Waals surface area contributed by atoms with E-state index in [2.05, 4.69) is 42.9 Å². The molecule has 1 aliphatic rings. The predicted octanol–water partition coefficient (Wildman–Crippen LogP) is 0.471. The molecule has 1 unspecified atom stereocenters. The third-order valence-corrected chi connectivity index (χ3v) is 4.92. The van der Waals surface area contributed by atoms with Crippen molar-refractivity contribution >= 4 is 11.8 Å². The van der Waals surface area contributed by atoms with Crippen LogP contribution in [0.5, 0.6) is 0 Å². The number of rotatable bonds is 12. The monoisotopic (exact) mass is 320 g/mol. The van der Waals surface area contributed by atoms with Gasteiger partial charge in [0.05, 0.1) is 6.20 Å². The van der Waals surface area contributed by atoms with E-state index in [0.717, 1.165) is 6.54 Å². The quantitative estimate of drug-likeness (QED) is 0.523. The molecule has 0 aromatic rings. The average molecular weight is 321 g/mol. The molecule has 0 amide bonds. The molecule has 0 saturated carbocycles. The van der Waals surface area contributed by atoms with Gasteiger partial charge in [-0.15, -0.1) is 11.8 Å². The van der Waals surface area contributed by atoms with E-state index in [1.807, 2.05) is 0 Å². The Morgan fingerprint density at radius 1 is 1.00 bits per heavy atom. The highest BCUT2D eigenvalue weighted by Gasteiger charge is 2.14. The summed E-state index contributed by atoms with van der Waals surface area (Å²) in [4.78, 5) is 3.98. The molecule has 1 atom stereocenters. The van der Waals surface area contributed by atoms with E-state index in [1.165, 1.54) is 69.7 Å². The lowest BCUT2D eigenvalue weighted by atomic mass is 10.1. The molecule has 1 rings (SSSR count). The normalized spacial score (nSPS) is 17.5. The van der Waals surface area contributed by atoms with Crippen LogP contribution in [-0.2, 0) is 0 Å². The molecule has 1 aliphatic heterocycles. The van der Waals surface area contributed by atoms with Gasteiger partial charge in [0.1, 0.15) is 12.1 Å². The minimum absolute atomic E-state index is 0. The standard InChI is InChI=1S/C16H32N2S.ClH/c1-3-5-6-7-8-9-10-11-14-19-16-18-13-12-17(4-2)15-18;/h12-13H,3-11,14-16H2,1-2H3;1H. The zero-order chi connectivity index (χ0) is 13.8. The molecule has 20 heavy (non-hydrogen) atoms. The zero-order valence-electron chi connectivity index (χ0n) is 13.4. The first-order valence-electron chi connectivity index (χ1n) is 8.21. The molecule has 0 spiro atoms. The van der Waals surface area contributed by atoms with Crippen LogP contribution in [0, 0.1) is 0 Å². The first-order chi connectivity index (χ1) is 9.36. The van der Waals surface area contributed by atoms with Crippen LogP contribution >= 0.6 is 11.8 Å². The highest BCUT2D eigenvalue weighted by atomic mass is 35.5. The second-order valence-corrected chi connectivity index (χ2v) is 6.67. The molecule has 1 N–H and O–H groups in total. The van der Waals surface area contributed by atoms with Crippen LogP contribution < -0.4 is 17.3 Å². The van der Waals surface area contributed by atoms with Crippen molar-refractivity contribution in [3.05, 3.63) is 12.4 Å². The van der Waals surface area contributed by atoms with Crippen molar-refractivity contribution in [1.29, 1.82) is 0 Å². The Balaban J connectivity index is 0.00000361. The Kier molecular flexibility index (Phi) is 14.2. The average Bonchev–Trinajstić information content (AvgIpc) is 2.89. The van der Waals surface area contributed by atoms with Gasteiger partial charge in [0.2, 0.25) is 0 Å². The van der Waals surface area contributed by atoms with Gasteiger partial charge in [0, 0.05) is 6.54 Å². The molecular weight excluding hydrogens is 288 g/mol. The van der Waals surface area contributed by atoms with Gasteiger partial charge in [-0.3, -0.25) is 4.90 Å². The van der Waals surface area contributed by atoms with Gasteiger partial charge in [0.15, 0.2) is 6.67 Å². The third kappa shape index (κ3) is 9.95. The van der Waals surface area contributed by atoms with Crippen molar-refractivity contribution in [2.45, 2.75) is 65.2 Å². The predicted molar refractivity (Wildman–Crippen MR) is 87.3 cm³/mol. The second kappa shape index (κ2) is 14.1. The lowest BCUT2D eigenvalue weighted by Crippen LogP contribution is -3.06. The number of thioether (sulfide) groups is 1. The summed E-state index contributed by atoms with van der Waals surface area (Å²) in [6.07, 6.45) is 16.0. The molecule has 2 nitrogen and oxygen atoms in total. The first kappa shape index (κ1) is 20.1. The molecule has 4 heteroatoms. The van der Waals surface area contributed by atoms with Crippen molar-refractivity contribution in [2.24, 2.45) is 0 Å². The topological polar surface area (TPSA) is 7.68 Å². The Hall–Kier alpha value is 0.140. The van der Waals surface area contributed by atoms with E-state index in [4.69, 9.17) is 0 Å². The number of hydrogen-bond donors (Lipinski definition) is 1. The summed E-state index contributed by atoms with van der Waals surface area (Å²) < 4.78 is 0. The smallest absolute Gasteiger partial charge is 0.157 e. The van der Waals surface area contributed by atoms with Crippen LogP contribution in [-0.4, -0.2) is 29.7 Å².